The quantitative estimate of drug-likeness (QED) is 0.213. The summed E-state index contributed by atoms with van der Waals surface area (Å²) in [6, 6.07) is 9.64. The van der Waals surface area contributed by atoms with Crippen LogP contribution >= 0.6 is 11.8 Å². The first kappa shape index (κ1) is 14.7. The van der Waals surface area contributed by atoms with Crippen molar-refractivity contribution in [2.75, 3.05) is 5.75 Å². The van der Waals surface area contributed by atoms with E-state index >= 15 is 0 Å². The minimum absolute atomic E-state index is 0.124. The Bertz CT molecular complexity index is 613. The van der Waals surface area contributed by atoms with Gasteiger partial charge in [-0.1, -0.05) is 43.1 Å². The second kappa shape index (κ2) is 7.14. The maximum Gasteiger partial charge on any atom is 0.170 e. The number of fused-ring (bicyclic) bond motifs is 1. The molecule has 0 saturated carbocycles. The Kier molecular flexibility index (Phi) is 5.24. The van der Waals surface area contributed by atoms with Crippen molar-refractivity contribution in [1.82, 2.24) is 4.98 Å². The molecule has 4 nitrogen and oxygen atoms in total. The SMILES string of the molecule is CCCCCSc1cc(/C(N)=N/O)c2ccccc2n1. The Morgan fingerprint density at radius 3 is 2.90 bits per heavy atom. The molecule has 1 heterocycles. The Hall–Kier alpha value is -1.75. The van der Waals surface area contributed by atoms with Crippen molar-refractivity contribution in [3.63, 3.8) is 0 Å². The molecule has 0 aliphatic carbocycles. The summed E-state index contributed by atoms with van der Waals surface area (Å²) in [5.74, 6) is 1.16. The van der Waals surface area contributed by atoms with E-state index in [1.54, 1.807) is 11.8 Å². The fourth-order valence-electron chi connectivity index (χ4n) is 2.02. The number of hydrogen-bond donors (Lipinski definition) is 2. The molecule has 0 bridgehead atoms. The Morgan fingerprint density at radius 2 is 2.15 bits per heavy atom. The largest absolute Gasteiger partial charge is 0.409 e. The number of benzene rings is 1. The highest BCUT2D eigenvalue weighted by molar-refractivity contribution is 7.99. The molecule has 2 rings (SSSR count). The van der Waals surface area contributed by atoms with Crippen LogP contribution in [0.4, 0.5) is 0 Å². The zero-order valence-electron chi connectivity index (χ0n) is 11.5. The highest BCUT2D eigenvalue weighted by Gasteiger charge is 2.09. The molecule has 0 amide bonds. The number of thioether (sulfide) groups is 1. The lowest BCUT2D eigenvalue weighted by Gasteiger charge is -2.08. The zero-order chi connectivity index (χ0) is 14.4. The van der Waals surface area contributed by atoms with Gasteiger partial charge >= 0.3 is 0 Å². The molecule has 1 aromatic carbocycles. The molecule has 2 aromatic rings. The van der Waals surface area contributed by atoms with Gasteiger partial charge in [-0.3, -0.25) is 0 Å². The number of amidine groups is 1. The summed E-state index contributed by atoms with van der Waals surface area (Å²) in [6.45, 7) is 2.19. The number of pyridine rings is 1. The normalized spacial score (nSPS) is 11.9. The lowest BCUT2D eigenvalue weighted by molar-refractivity contribution is 0.318. The van der Waals surface area contributed by atoms with Crippen LogP contribution in [0, 0.1) is 0 Å². The fraction of sp³-hybridized carbons (Fsp3) is 0.333. The minimum atomic E-state index is 0.124. The lowest BCUT2D eigenvalue weighted by atomic mass is 10.1. The molecular formula is C15H19N3OS. The van der Waals surface area contributed by atoms with E-state index in [0.717, 1.165) is 27.2 Å². The van der Waals surface area contributed by atoms with Gasteiger partial charge in [-0.25, -0.2) is 4.98 Å². The van der Waals surface area contributed by atoms with Crippen LogP contribution in [0.5, 0.6) is 0 Å². The van der Waals surface area contributed by atoms with Gasteiger partial charge in [0.15, 0.2) is 5.84 Å². The van der Waals surface area contributed by atoms with Crippen LogP contribution < -0.4 is 5.73 Å². The number of rotatable bonds is 6. The zero-order valence-corrected chi connectivity index (χ0v) is 12.4. The molecule has 0 fully saturated rings. The summed E-state index contributed by atoms with van der Waals surface area (Å²) in [5.41, 5.74) is 7.37. The molecule has 0 aliphatic rings. The molecule has 5 heteroatoms. The van der Waals surface area contributed by atoms with Crippen LogP contribution in [0.15, 0.2) is 40.5 Å². The molecule has 1 aromatic heterocycles. The third kappa shape index (κ3) is 3.42. The maximum absolute atomic E-state index is 8.92. The van der Waals surface area contributed by atoms with E-state index in [1.165, 1.54) is 19.3 Å². The summed E-state index contributed by atoms with van der Waals surface area (Å²) in [6.07, 6.45) is 3.61. The summed E-state index contributed by atoms with van der Waals surface area (Å²) < 4.78 is 0. The molecule has 0 radical (unpaired) electrons. The predicted octanol–water partition coefficient (Wildman–Crippen LogP) is 3.61. The van der Waals surface area contributed by atoms with Crippen LogP contribution in [-0.2, 0) is 0 Å². The van der Waals surface area contributed by atoms with Gasteiger partial charge in [-0.15, -0.1) is 11.8 Å². The van der Waals surface area contributed by atoms with Gasteiger partial charge in [0.2, 0.25) is 0 Å². The maximum atomic E-state index is 8.92. The van der Waals surface area contributed by atoms with E-state index < -0.39 is 0 Å². The molecule has 106 valence electrons. The first-order valence-corrected chi connectivity index (χ1v) is 7.75. The molecule has 0 aliphatic heterocycles. The number of hydrogen-bond acceptors (Lipinski definition) is 4. The van der Waals surface area contributed by atoms with Crippen molar-refractivity contribution in [2.24, 2.45) is 10.9 Å². The average molecular weight is 289 g/mol. The smallest absolute Gasteiger partial charge is 0.170 e. The lowest BCUT2D eigenvalue weighted by Crippen LogP contribution is -2.14. The van der Waals surface area contributed by atoms with Gasteiger partial charge in [0.05, 0.1) is 10.5 Å². The number of nitrogens with zero attached hydrogens (tertiary/aromatic N) is 2. The highest BCUT2D eigenvalue weighted by atomic mass is 32.2. The van der Waals surface area contributed by atoms with Gasteiger partial charge in [-0.05, 0) is 24.3 Å². The summed E-state index contributed by atoms with van der Waals surface area (Å²) >= 11 is 1.71. The molecule has 0 saturated heterocycles. The number of unbranched alkanes of at least 4 members (excludes halogenated alkanes) is 2. The van der Waals surface area contributed by atoms with E-state index in [0.29, 0.717) is 0 Å². The summed E-state index contributed by atoms with van der Waals surface area (Å²) in [5, 5.41) is 13.9. The minimum Gasteiger partial charge on any atom is -0.409 e. The molecule has 3 N–H and O–H groups in total. The first-order chi connectivity index (χ1) is 9.76. The van der Waals surface area contributed by atoms with E-state index in [2.05, 4.69) is 17.1 Å². The Labute approximate surface area is 123 Å². The van der Waals surface area contributed by atoms with Crippen molar-refractivity contribution < 1.29 is 5.21 Å². The van der Waals surface area contributed by atoms with Gasteiger partial charge in [-0.2, -0.15) is 0 Å². The number of oxime groups is 1. The molecule has 0 atom stereocenters. The van der Waals surface area contributed by atoms with E-state index in [-0.39, 0.29) is 5.84 Å². The van der Waals surface area contributed by atoms with Crippen molar-refractivity contribution in [3.8, 4) is 0 Å². The van der Waals surface area contributed by atoms with Crippen LogP contribution in [0.3, 0.4) is 0 Å². The van der Waals surface area contributed by atoms with E-state index in [1.807, 2.05) is 30.3 Å². The third-order valence-corrected chi connectivity index (χ3v) is 4.07. The summed E-state index contributed by atoms with van der Waals surface area (Å²) in [4.78, 5) is 4.62. The standard InChI is InChI=1S/C15H19N3OS/c1-2-3-6-9-20-14-10-12(15(16)18-19)11-7-4-5-8-13(11)17-14/h4-5,7-8,10,19H,2-3,6,9H2,1H3,(H2,16,18). The van der Waals surface area contributed by atoms with Crippen LogP contribution in [-0.4, -0.2) is 21.8 Å². The third-order valence-electron chi connectivity index (χ3n) is 3.07. The topological polar surface area (TPSA) is 71.5 Å². The molecule has 0 unspecified atom stereocenters. The second-order valence-electron chi connectivity index (χ2n) is 4.57. The average Bonchev–Trinajstić information content (AvgIpc) is 2.50. The summed E-state index contributed by atoms with van der Waals surface area (Å²) in [7, 11) is 0. The number of nitrogens with two attached hydrogens (primary N) is 1. The first-order valence-electron chi connectivity index (χ1n) is 6.76. The fourth-order valence-corrected chi connectivity index (χ4v) is 2.94. The molecular weight excluding hydrogens is 270 g/mol. The van der Waals surface area contributed by atoms with Gasteiger partial charge in [0, 0.05) is 10.9 Å². The Balaban J connectivity index is 2.32. The van der Waals surface area contributed by atoms with Crippen LogP contribution in [0.25, 0.3) is 10.9 Å². The van der Waals surface area contributed by atoms with Gasteiger partial charge < -0.3 is 10.9 Å². The second-order valence-corrected chi connectivity index (χ2v) is 5.68. The van der Waals surface area contributed by atoms with E-state index in [9.17, 15) is 0 Å². The van der Waals surface area contributed by atoms with Crippen molar-refractivity contribution in [3.05, 3.63) is 35.9 Å². The van der Waals surface area contributed by atoms with Gasteiger partial charge in [0.1, 0.15) is 0 Å². The molecule has 20 heavy (non-hydrogen) atoms. The Morgan fingerprint density at radius 1 is 1.35 bits per heavy atom. The van der Waals surface area contributed by atoms with Crippen molar-refractivity contribution in [1.29, 1.82) is 0 Å². The van der Waals surface area contributed by atoms with Crippen LogP contribution in [0.2, 0.25) is 0 Å². The molecule has 0 spiro atoms. The van der Waals surface area contributed by atoms with E-state index in [4.69, 9.17) is 10.9 Å². The number of para-hydroxylation sites is 1. The van der Waals surface area contributed by atoms with Crippen LogP contribution in [0.1, 0.15) is 31.7 Å². The highest BCUT2D eigenvalue weighted by Crippen LogP contribution is 2.24. The van der Waals surface area contributed by atoms with Gasteiger partial charge in [0.25, 0.3) is 0 Å². The predicted molar refractivity (Wildman–Crippen MR) is 84.5 cm³/mol. The number of aromatic nitrogens is 1. The van der Waals surface area contributed by atoms with Crippen molar-refractivity contribution >= 4 is 28.5 Å². The van der Waals surface area contributed by atoms with Crippen molar-refractivity contribution in [2.45, 2.75) is 31.2 Å². The monoisotopic (exact) mass is 289 g/mol.